The Labute approximate surface area is 121 Å². The van der Waals surface area contributed by atoms with Crippen LogP contribution in [-0.4, -0.2) is 43.7 Å². The molecule has 1 fully saturated rings. The highest BCUT2D eigenvalue weighted by atomic mass is 16.5. The van der Waals surface area contributed by atoms with Crippen molar-refractivity contribution in [1.82, 2.24) is 10.2 Å². The standard InChI is InChI=1S/C16H24N2O2/c1-18(12-14-7-3-2-4-8-14)13-16(19)17-11-15-9-5-6-10-20-15/h2-4,7-8,15H,5-6,9-13H2,1H3,(H,17,19)/t15-/m1/s1. The van der Waals surface area contributed by atoms with Crippen LogP contribution in [0.2, 0.25) is 0 Å². The number of carbonyl (C=O) groups is 1. The largest absolute Gasteiger partial charge is 0.376 e. The second kappa shape index (κ2) is 8.02. The van der Waals surface area contributed by atoms with Crippen LogP contribution in [-0.2, 0) is 16.1 Å². The Morgan fingerprint density at radius 1 is 1.35 bits per heavy atom. The quantitative estimate of drug-likeness (QED) is 0.861. The van der Waals surface area contributed by atoms with Crippen molar-refractivity contribution in [1.29, 1.82) is 0 Å². The number of hydrogen-bond donors (Lipinski definition) is 1. The fourth-order valence-corrected chi connectivity index (χ4v) is 2.45. The molecule has 20 heavy (non-hydrogen) atoms. The lowest BCUT2D eigenvalue weighted by Crippen LogP contribution is -2.40. The number of nitrogens with zero attached hydrogens (tertiary/aromatic N) is 1. The zero-order chi connectivity index (χ0) is 14.2. The maximum absolute atomic E-state index is 11.9. The molecule has 4 nitrogen and oxygen atoms in total. The molecule has 0 unspecified atom stereocenters. The maximum Gasteiger partial charge on any atom is 0.234 e. The zero-order valence-corrected chi connectivity index (χ0v) is 12.2. The van der Waals surface area contributed by atoms with E-state index in [2.05, 4.69) is 17.4 Å². The van der Waals surface area contributed by atoms with E-state index in [0.29, 0.717) is 13.1 Å². The number of ether oxygens (including phenoxy) is 1. The van der Waals surface area contributed by atoms with Gasteiger partial charge in [0.25, 0.3) is 0 Å². The van der Waals surface area contributed by atoms with Crippen molar-refractivity contribution < 1.29 is 9.53 Å². The molecule has 1 aliphatic heterocycles. The molecule has 1 saturated heterocycles. The first-order valence-corrected chi connectivity index (χ1v) is 7.35. The number of amides is 1. The van der Waals surface area contributed by atoms with Gasteiger partial charge in [0.15, 0.2) is 0 Å². The van der Waals surface area contributed by atoms with Crippen LogP contribution in [0.5, 0.6) is 0 Å². The third-order valence-electron chi connectivity index (χ3n) is 3.51. The van der Waals surface area contributed by atoms with Gasteiger partial charge in [0.2, 0.25) is 5.91 Å². The normalized spacial score (nSPS) is 19.0. The summed E-state index contributed by atoms with van der Waals surface area (Å²) >= 11 is 0. The van der Waals surface area contributed by atoms with E-state index in [1.165, 1.54) is 12.0 Å². The third-order valence-corrected chi connectivity index (χ3v) is 3.51. The van der Waals surface area contributed by atoms with Gasteiger partial charge in [-0.15, -0.1) is 0 Å². The lowest BCUT2D eigenvalue weighted by molar-refractivity contribution is -0.123. The lowest BCUT2D eigenvalue weighted by Gasteiger charge is -2.23. The van der Waals surface area contributed by atoms with Crippen LogP contribution >= 0.6 is 0 Å². The first kappa shape index (κ1) is 15.0. The first-order valence-electron chi connectivity index (χ1n) is 7.35. The topological polar surface area (TPSA) is 41.6 Å². The van der Waals surface area contributed by atoms with Crippen LogP contribution in [0.3, 0.4) is 0 Å². The zero-order valence-electron chi connectivity index (χ0n) is 12.2. The number of benzene rings is 1. The maximum atomic E-state index is 11.9. The highest BCUT2D eigenvalue weighted by Gasteiger charge is 2.15. The molecule has 0 spiro atoms. The van der Waals surface area contributed by atoms with Crippen molar-refractivity contribution in [2.75, 3.05) is 26.7 Å². The van der Waals surface area contributed by atoms with Crippen molar-refractivity contribution in [3.05, 3.63) is 35.9 Å². The van der Waals surface area contributed by atoms with Crippen molar-refractivity contribution >= 4 is 5.91 Å². The molecule has 110 valence electrons. The Balaban J connectivity index is 1.65. The minimum Gasteiger partial charge on any atom is -0.376 e. The predicted octanol–water partition coefficient (Wildman–Crippen LogP) is 1.80. The molecule has 2 rings (SSSR count). The molecule has 0 radical (unpaired) electrons. The van der Waals surface area contributed by atoms with Crippen molar-refractivity contribution in [3.8, 4) is 0 Å². The van der Waals surface area contributed by atoms with Crippen molar-refractivity contribution in [2.45, 2.75) is 31.9 Å². The summed E-state index contributed by atoms with van der Waals surface area (Å²) in [7, 11) is 1.96. The van der Waals surface area contributed by atoms with Crippen molar-refractivity contribution in [3.63, 3.8) is 0 Å². The molecule has 1 heterocycles. The Hall–Kier alpha value is -1.39. The van der Waals surface area contributed by atoms with Gasteiger partial charge in [0, 0.05) is 19.7 Å². The van der Waals surface area contributed by atoms with Gasteiger partial charge in [0.05, 0.1) is 12.6 Å². The molecule has 0 aromatic heterocycles. The van der Waals surface area contributed by atoms with Crippen LogP contribution < -0.4 is 5.32 Å². The van der Waals surface area contributed by atoms with Gasteiger partial charge in [-0.2, -0.15) is 0 Å². The molecule has 1 aromatic carbocycles. The third kappa shape index (κ3) is 5.31. The van der Waals surface area contributed by atoms with Gasteiger partial charge in [-0.3, -0.25) is 9.69 Å². The molecule has 0 bridgehead atoms. The van der Waals surface area contributed by atoms with Gasteiger partial charge in [-0.25, -0.2) is 0 Å². The average molecular weight is 276 g/mol. The van der Waals surface area contributed by atoms with Gasteiger partial charge < -0.3 is 10.1 Å². The van der Waals surface area contributed by atoms with E-state index in [-0.39, 0.29) is 12.0 Å². The highest BCUT2D eigenvalue weighted by Crippen LogP contribution is 2.11. The van der Waals surface area contributed by atoms with E-state index in [1.807, 2.05) is 30.1 Å². The summed E-state index contributed by atoms with van der Waals surface area (Å²) in [6, 6.07) is 10.2. The number of nitrogens with one attached hydrogen (secondary N) is 1. The van der Waals surface area contributed by atoms with Crippen molar-refractivity contribution in [2.24, 2.45) is 0 Å². The summed E-state index contributed by atoms with van der Waals surface area (Å²) in [5.41, 5.74) is 1.22. The molecule has 1 aliphatic rings. The predicted molar refractivity (Wildman–Crippen MR) is 79.4 cm³/mol. The van der Waals surface area contributed by atoms with Crippen LogP contribution in [0.1, 0.15) is 24.8 Å². The average Bonchev–Trinajstić information content (AvgIpc) is 2.47. The highest BCUT2D eigenvalue weighted by molar-refractivity contribution is 5.77. The molecule has 1 amide bonds. The Morgan fingerprint density at radius 3 is 2.85 bits per heavy atom. The SMILES string of the molecule is CN(CC(=O)NC[C@H]1CCCCO1)Cc1ccccc1. The smallest absolute Gasteiger partial charge is 0.234 e. The van der Waals surface area contributed by atoms with E-state index in [4.69, 9.17) is 4.74 Å². The Kier molecular flexibility index (Phi) is 6.02. The van der Waals surface area contributed by atoms with Gasteiger partial charge >= 0.3 is 0 Å². The van der Waals surface area contributed by atoms with Gasteiger partial charge in [0.1, 0.15) is 0 Å². The van der Waals surface area contributed by atoms with E-state index < -0.39 is 0 Å². The van der Waals surface area contributed by atoms with E-state index in [9.17, 15) is 4.79 Å². The van der Waals surface area contributed by atoms with E-state index >= 15 is 0 Å². The molecule has 1 N–H and O–H groups in total. The summed E-state index contributed by atoms with van der Waals surface area (Å²) in [5.74, 6) is 0.0672. The molecule has 4 heteroatoms. The number of hydrogen-bond acceptors (Lipinski definition) is 3. The van der Waals surface area contributed by atoms with Crippen LogP contribution in [0.25, 0.3) is 0 Å². The Morgan fingerprint density at radius 2 is 2.15 bits per heavy atom. The fraction of sp³-hybridized carbons (Fsp3) is 0.562. The van der Waals surface area contributed by atoms with Crippen LogP contribution in [0.15, 0.2) is 30.3 Å². The molecular weight excluding hydrogens is 252 g/mol. The summed E-state index contributed by atoms with van der Waals surface area (Å²) in [6.07, 6.45) is 3.60. The molecule has 1 atom stereocenters. The number of likely N-dealkylation sites (N-methyl/N-ethyl adjacent to an activating group) is 1. The minimum atomic E-state index is 0.0672. The summed E-state index contributed by atoms with van der Waals surface area (Å²) < 4.78 is 5.60. The molecular formula is C16H24N2O2. The summed E-state index contributed by atoms with van der Waals surface area (Å²) in [6.45, 7) is 2.67. The fourth-order valence-electron chi connectivity index (χ4n) is 2.45. The van der Waals surface area contributed by atoms with E-state index in [0.717, 1.165) is 26.0 Å². The van der Waals surface area contributed by atoms with Gasteiger partial charge in [-0.1, -0.05) is 30.3 Å². The molecule has 1 aromatic rings. The molecule has 0 saturated carbocycles. The summed E-state index contributed by atoms with van der Waals surface area (Å²) in [4.78, 5) is 13.9. The molecule has 0 aliphatic carbocycles. The van der Waals surface area contributed by atoms with E-state index in [1.54, 1.807) is 0 Å². The number of carbonyl (C=O) groups excluding carboxylic acids is 1. The minimum absolute atomic E-state index is 0.0672. The second-order valence-electron chi connectivity index (χ2n) is 5.45. The second-order valence-corrected chi connectivity index (χ2v) is 5.45. The first-order chi connectivity index (χ1) is 9.74. The Bertz CT molecular complexity index is 402. The van der Waals surface area contributed by atoms with Gasteiger partial charge in [-0.05, 0) is 31.9 Å². The number of rotatable bonds is 6. The lowest BCUT2D eigenvalue weighted by atomic mass is 10.1. The monoisotopic (exact) mass is 276 g/mol. The van der Waals surface area contributed by atoms with Crippen LogP contribution in [0.4, 0.5) is 0 Å². The summed E-state index contributed by atoms with van der Waals surface area (Å²) in [5, 5.41) is 2.96. The van der Waals surface area contributed by atoms with Crippen LogP contribution in [0, 0.1) is 0 Å².